The van der Waals surface area contributed by atoms with Gasteiger partial charge in [0.1, 0.15) is 16.5 Å². The molecule has 27 heavy (non-hydrogen) atoms. The minimum atomic E-state index is -4.08. The van der Waals surface area contributed by atoms with Crippen LogP contribution in [0.5, 0.6) is 11.5 Å². The van der Waals surface area contributed by atoms with Crippen molar-refractivity contribution in [1.82, 2.24) is 4.48 Å². The number of ether oxygens (including phenoxy) is 2. The third-order valence-electron chi connectivity index (χ3n) is 4.63. The van der Waals surface area contributed by atoms with E-state index in [0.29, 0.717) is 34.0 Å². The smallest absolute Gasteiger partial charge is 0.495 e. The predicted octanol–water partition coefficient (Wildman–Crippen LogP) is 5.29. The molecule has 0 aliphatic carbocycles. The second-order valence-corrected chi connectivity index (χ2v) is 7.95. The maximum absolute atomic E-state index is 15.3. The first kappa shape index (κ1) is 18.8. The molecule has 0 radical (unpaired) electrons. The highest BCUT2D eigenvalue weighted by molar-refractivity contribution is 9.18. The maximum Gasteiger partial charge on any atom is 0.738 e. The summed E-state index contributed by atoms with van der Waals surface area (Å²) in [5.74, 6) is 0.799. The largest absolute Gasteiger partial charge is 0.738 e. The van der Waals surface area contributed by atoms with Gasteiger partial charge < -0.3 is 27.1 Å². The van der Waals surface area contributed by atoms with E-state index >= 15 is 8.63 Å². The van der Waals surface area contributed by atoms with E-state index in [1.807, 2.05) is 0 Å². The van der Waals surface area contributed by atoms with Gasteiger partial charge in [-0.3, -0.25) is 0 Å². The zero-order chi connectivity index (χ0) is 19.5. The van der Waals surface area contributed by atoms with Crippen molar-refractivity contribution in [2.45, 2.75) is 0 Å². The lowest BCUT2D eigenvalue weighted by Crippen LogP contribution is -2.50. The number of hydrogen-bond donors (Lipinski definition) is 0. The first-order valence-electron chi connectivity index (χ1n) is 7.87. The summed E-state index contributed by atoms with van der Waals surface area (Å²) < 4.78 is 43.9. The number of halogens is 5. The number of nitrogens with zero attached hydrogens (tertiary/aromatic N) is 2. The van der Waals surface area contributed by atoms with Gasteiger partial charge in [-0.1, -0.05) is 11.6 Å². The fourth-order valence-corrected chi connectivity index (χ4v) is 4.96. The molecule has 140 valence electrons. The molecule has 2 aliphatic rings. The van der Waals surface area contributed by atoms with Gasteiger partial charge in [-0.05, 0) is 40.2 Å². The van der Waals surface area contributed by atoms with Crippen molar-refractivity contribution in [1.29, 1.82) is 0 Å². The van der Waals surface area contributed by atoms with Crippen LogP contribution >= 0.6 is 43.5 Å². The summed E-state index contributed by atoms with van der Waals surface area (Å²) in [6.45, 7) is -4.08. The van der Waals surface area contributed by atoms with Gasteiger partial charge in [0.2, 0.25) is 4.62 Å². The van der Waals surface area contributed by atoms with Gasteiger partial charge in [0.15, 0.2) is 5.70 Å². The van der Waals surface area contributed by atoms with Crippen molar-refractivity contribution in [2.75, 3.05) is 14.2 Å². The van der Waals surface area contributed by atoms with Gasteiger partial charge in [0.25, 0.3) is 0 Å². The Kier molecular flexibility index (Phi) is 4.52. The van der Waals surface area contributed by atoms with Crippen LogP contribution in [-0.2, 0) is 0 Å². The summed E-state index contributed by atoms with van der Waals surface area (Å²) in [5.41, 5.74) is 1.91. The topological polar surface area (TPSA) is 26.4 Å². The Morgan fingerprint density at radius 2 is 1.81 bits per heavy atom. The number of aromatic nitrogens is 1. The number of methoxy groups -OCH3 is 2. The lowest BCUT2D eigenvalue weighted by atomic mass is 9.86. The average molecular weight is 520 g/mol. The maximum atomic E-state index is 15.3. The molecule has 2 aliphatic heterocycles. The molecule has 0 atom stereocenters. The highest BCUT2D eigenvalue weighted by Crippen LogP contribution is 2.47. The van der Waals surface area contributed by atoms with Gasteiger partial charge in [0.05, 0.1) is 24.4 Å². The van der Waals surface area contributed by atoms with E-state index in [2.05, 4.69) is 31.9 Å². The van der Waals surface area contributed by atoms with Crippen LogP contribution in [0, 0.1) is 0 Å². The first-order chi connectivity index (χ1) is 12.8. The standard InChI is InChI=1S/C17H12BBr2ClF2N2O2/c1-26-12-6-3-9(17(27-2)16(12)21)15-10-4-7-13(19)24(10)18(22,23)25-11(15)5-8-14(25)20/h3-8H,1-2H3. The van der Waals surface area contributed by atoms with Crippen LogP contribution in [0.15, 0.2) is 46.7 Å². The van der Waals surface area contributed by atoms with Gasteiger partial charge >= 0.3 is 6.97 Å². The molecule has 0 saturated carbocycles. The summed E-state index contributed by atoms with van der Waals surface area (Å²) in [5, 5.41) is 0.280. The summed E-state index contributed by atoms with van der Waals surface area (Å²) in [6, 6.07) is 6.70. The fourth-order valence-electron chi connectivity index (χ4n) is 3.50. The molecular weight excluding hydrogens is 508 g/mol. The molecule has 0 N–H and O–H groups in total. The normalized spacial score (nSPS) is 17.3. The van der Waals surface area contributed by atoms with E-state index in [1.54, 1.807) is 36.4 Å². The Balaban J connectivity index is 2.11. The molecule has 0 bridgehead atoms. The molecule has 3 heterocycles. The number of rotatable bonds is 3. The van der Waals surface area contributed by atoms with E-state index in [-0.39, 0.29) is 14.2 Å². The van der Waals surface area contributed by atoms with Crippen LogP contribution in [-0.4, -0.2) is 34.8 Å². The second-order valence-electron chi connectivity index (χ2n) is 5.95. The summed E-state index contributed by atoms with van der Waals surface area (Å²) in [6.07, 6.45) is 3.25. The van der Waals surface area contributed by atoms with E-state index in [9.17, 15) is 0 Å². The molecule has 4 nitrogen and oxygen atoms in total. The Bertz CT molecular complexity index is 1080. The van der Waals surface area contributed by atoms with E-state index < -0.39 is 6.97 Å². The molecule has 0 spiro atoms. The van der Waals surface area contributed by atoms with Crippen LogP contribution in [0.1, 0.15) is 11.3 Å². The molecule has 1 aromatic carbocycles. The molecule has 0 amide bonds. The Morgan fingerprint density at radius 1 is 1.07 bits per heavy atom. The van der Waals surface area contributed by atoms with E-state index in [0.717, 1.165) is 8.96 Å². The monoisotopic (exact) mass is 518 g/mol. The molecule has 0 saturated heterocycles. The SMILES string of the molecule is COc1ccc(C2=C3C=CC(Br)=[N+]3[B-](F)(F)n3c(Br)ccc32)c(OC)c1Cl. The number of fused-ring (bicyclic) bond motifs is 2. The van der Waals surface area contributed by atoms with Crippen molar-refractivity contribution in [3.63, 3.8) is 0 Å². The molecule has 10 heteroatoms. The Morgan fingerprint density at radius 3 is 2.48 bits per heavy atom. The number of allylic oxidation sites excluding steroid dienone is 2. The lowest BCUT2D eigenvalue weighted by Gasteiger charge is -2.32. The summed E-state index contributed by atoms with van der Waals surface area (Å²) in [7, 11) is 2.98. The Labute approximate surface area is 176 Å². The molecule has 0 fully saturated rings. The van der Waals surface area contributed by atoms with E-state index in [4.69, 9.17) is 21.1 Å². The van der Waals surface area contributed by atoms with Crippen LogP contribution in [0.4, 0.5) is 8.63 Å². The van der Waals surface area contributed by atoms with Crippen LogP contribution in [0.25, 0.3) is 5.57 Å². The van der Waals surface area contributed by atoms with E-state index in [1.165, 1.54) is 14.2 Å². The fraction of sp³-hybridized carbons (Fsp3) is 0.118. The molecule has 1 aromatic heterocycles. The molecule has 4 rings (SSSR count). The van der Waals surface area contributed by atoms with Gasteiger partial charge in [-0.25, -0.2) is 0 Å². The third-order valence-corrected chi connectivity index (χ3v) is 6.28. The quantitative estimate of drug-likeness (QED) is 0.515. The number of benzene rings is 1. The van der Waals surface area contributed by atoms with Crippen molar-refractivity contribution in [3.05, 3.63) is 63.0 Å². The summed E-state index contributed by atoms with van der Waals surface area (Å²) in [4.78, 5) is 0. The zero-order valence-electron chi connectivity index (χ0n) is 14.1. The van der Waals surface area contributed by atoms with Gasteiger partial charge in [-0.15, -0.1) is 0 Å². The van der Waals surface area contributed by atoms with Crippen LogP contribution in [0.2, 0.25) is 5.02 Å². The molecular formula is C17H12BBr2ClF2N2O2. The van der Waals surface area contributed by atoms with Crippen molar-refractivity contribution in [3.8, 4) is 11.5 Å². The Hall–Kier alpha value is -1.58. The van der Waals surface area contributed by atoms with Crippen LogP contribution < -0.4 is 9.47 Å². The predicted molar refractivity (Wildman–Crippen MR) is 109 cm³/mol. The highest BCUT2D eigenvalue weighted by atomic mass is 79.9. The van der Waals surface area contributed by atoms with Crippen LogP contribution in [0.3, 0.4) is 0 Å². The average Bonchev–Trinajstić information content (AvgIpc) is 3.20. The zero-order valence-corrected chi connectivity index (χ0v) is 18.1. The first-order valence-corrected chi connectivity index (χ1v) is 9.83. The van der Waals surface area contributed by atoms with Crippen molar-refractivity contribution in [2.24, 2.45) is 0 Å². The number of hydrogen-bond acceptors (Lipinski definition) is 2. The third kappa shape index (κ3) is 2.55. The molecule has 0 unspecified atom stereocenters. The highest BCUT2D eigenvalue weighted by Gasteiger charge is 2.54. The second kappa shape index (κ2) is 6.50. The lowest BCUT2D eigenvalue weighted by molar-refractivity contribution is -0.358. The molecule has 2 aromatic rings. The van der Waals surface area contributed by atoms with Gasteiger partial charge in [0, 0.05) is 39.3 Å². The van der Waals surface area contributed by atoms with Crippen molar-refractivity contribution < 1.29 is 22.6 Å². The van der Waals surface area contributed by atoms with Gasteiger partial charge in [-0.2, -0.15) is 0 Å². The summed E-state index contributed by atoms with van der Waals surface area (Å²) >= 11 is 12.9. The van der Waals surface area contributed by atoms with Crippen molar-refractivity contribution >= 4 is 60.6 Å². The minimum absolute atomic E-state index is 0.280. The minimum Gasteiger partial charge on any atom is -0.495 e.